The maximum atomic E-state index is 6.37. The van der Waals surface area contributed by atoms with Gasteiger partial charge in [-0.15, -0.1) is 0 Å². The molecule has 1 aliphatic rings. The van der Waals surface area contributed by atoms with Gasteiger partial charge in [-0.05, 0) is 49.8 Å². The molecule has 2 atom stereocenters. The third-order valence-corrected chi connectivity index (χ3v) is 4.30. The Hall–Kier alpha value is -0.730. The van der Waals surface area contributed by atoms with Crippen molar-refractivity contribution in [3.63, 3.8) is 0 Å². The zero-order valence-corrected chi connectivity index (χ0v) is 12.8. The normalized spacial score (nSPS) is 20.8. The van der Waals surface area contributed by atoms with E-state index in [9.17, 15) is 0 Å². The highest BCUT2D eigenvalue weighted by atomic mass is 35.5. The van der Waals surface area contributed by atoms with Crippen molar-refractivity contribution in [2.75, 3.05) is 18.0 Å². The molecule has 0 radical (unpaired) electrons. The van der Waals surface area contributed by atoms with E-state index >= 15 is 0 Å². The first-order valence-electron chi connectivity index (χ1n) is 7.39. The molecular weight excluding hydrogens is 256 g/mol. The average Bonchev–Trinajstić information content (AvgIpc) is 2.80. The second-order valence-corrected chi connectivity index (χ2v) is 6.22. The molecule has 3 heteroatoms. The average molecular weight is 281 g/mol. The number of hydrogen-bond acceptors (Lipinski definition) is 2. The third kappa shape index (κ3) is 3.64. The molecule has 0 aromatic heterocycles. The molecule has 19 heavy (non-hydrogen) atoms. The molecule has 2 rings (SSSR count). The summed E-state index contributed by atoms with van der Waals surface area (Å²) in [5.74, 6) is 0.840. The van der Waals surface area contributed by atoms with Crippen molar-refractivity contribution in [3.8, 4) is 0 Å². The Bertz CT molecular complexity index is 417. The summed E-state index contributed by atoms with van der Waals surface area (Å²) in [6, 6.07) is 6.36. The lowest BCUT2D eigenvalue weighted by Gasteiger charge is -2.24. The number of benzene rings is 1. The molecule has 2 unspecified atom stereocenters. The van der Waals surface area contributed by atoms with Gasteiger partial charge in [0, 0.05) is 29.8 Å². The van der Waals surface area contributed by atoms with E-state index in [1.54, 1.807) is 0 Å². The minimum Gasteiger partial charge on any atom is -0.371 e. The molecule has 1 saturated heterocycles. The van der Waals surface area contributed by atoms with E-state index in [0.717, 1.165) is 23.9 Å². The molecule has 0 spiro atoms. The molecule has 1 fully saturated rings. The molecule has 1 aromatic carbocycles. The van der Waals surface area contributed by atoms with Crippen LogP contribution in [0.2, 0.25) is 5.02 Å². The van der Waals surface area contributed by atoms with Crippen LogP contribution < -0.4 is 10.6 Å². The fourth-order valence-electron chi connectivity index (χ4n) is 3.06. The van der Waals surface area contributed by atoms with Gasteiger partial charge in [0.05, 0.1) is 0 Å². The Kier molecular flexibility index (Phi) is 5.12. The Balaban J connectivity index is 2.18. The second kappa shape index (κ2) is 6.62. The van der Waals surface area contributed by atoms with E-state index in [1.165, 1.54) is 37.1 Å². The van der Waals surface area contributed by atoms with Gasteiger partial charge in [0.25, 0.3) is 0 Å². The molecule has 1 heterocycles. The highest BCUT2D eigenvalue weighted by molar-refractivity contribution is 6.31. The molecule has 0 bridgehead atoms. The molecule has 0 amide bonds. The number of nitrogens with zero attached hydrogens (tertiary/aromatic N) is 1. The molecular formula is C16H25ClN2. The molecule has 106 valence electrons. The Labute approximate surface area is 121 Å². The van der Waals surface area contributed by atoms with Gasteiger partial charge in [-0.1, -0.05) is 31.0 Å². The Morgan fingerprint density at radius 1 is 1.47 bits per heavy atom. The minimum atomic E-state index is 0.146. The SMILES string of the molecule is CCCC1CCN(c2cccc(Cl)c2CC(C)N)C1. The number of hydrogen-bond donors (Lipinski definition) is 1. The molecule has 1 aliphatic heterocycles. The maximum absolute atomic E-state index is 6.37. The van der Waals surface area contributed by atoms with Gasteiger partial charge in [-0.3, -0.25) is 0 Å². The van der Waals surface area contributed by atoms with Crippen molar-refractivity contribution in [2.24, 2.45) is 11.7 Å². The summed E-state index contributed by atoms with van der Waals surface area (Å²) in [6.45, 7) is 6.62. The maximum Gasteiger partial charge on any atom is 0.0459 e. The quantitative estimate of drug-likeness (QED) is 0.887. The first-order chi connectivity index (χ1) is 9.11. The number of nitrogens with two attached hydrogens (primary N) is 1. The standard InChI is InChI=1S/C16H25ClN2/c1-3-5-13-8-9-19(11-13)16-7-4-6-15(17)14(16)10-12(2)18/h4,6-7,12-13H,3,5,8-11,18H2,1-2H3. The monoisotopic (exact) mass is 280 g/mol. The highest BCUT2D eigenvalue weighted by Gasteiger charge is 2.24. The smallest absolute Gasteiger partial charge is 0.0459 e. The van der Waals surface area contributed by atoms with Gasteiger partial charge in [0.1, 0.15) is 0 Å². The summed E-state index contributed by atoms with van der Waals surface area (Å²) in [5, 5.41) is 0.855. The number of halogens is 1. The highest BCUT2D eigenvalue weighted by Crippen LogP contribution is 2.33. The van der Waals surface area contributed by atoms with Gasteiger partial charge in [0.2, 0.25) is 0 Å². The van der Waals surface area contributed by atoms with Crippen molar-refractivity contribution < 1.29 is 0 Å². The summed E-state index contributed by atoms with van der Waals surface area (Å²) >= 11 is 6.37. The zero-order valence-electron chi connectivity index (χ0n) is 12.0. The molecule has 0 aliphatic carbocycles. The van der Waals surface area contributed by atoms with Crippen LogP contribution in [0.1, 0.15) is 38.7 Å². The van der Waals surface area contributed by atoms with Crippen LogP contribution in [-0.4, -0.2) is 19.1 Å². The van der Waals surface area contributed by atoms with Crippen LogP contribution in [0.5, 0.6) is 0 Å². The molecule has 2 nitrogen and oxygen atoms in total. The predicted octanol–water partition coefficient (Wildman–Crippen LogP) is 3.86. The Morgan fingerprint density at radius 2 is 2.26 bits per heavy atom. The largest absolute Gasteiger partial charge is 0.371 e. The summed E-state index contributed by atoms with van der Waals surface area (Å²) < 4.78 is 0. The van der Waals surface area contributed by atoms with E-state index < -0.39 is 0 Å². The van der Waals surface area contributed by atoms with Gasteiger partial charge in [0.15, 0.2) is 0 Å². The molecule has 2 N–H and O–H groups in total. The van der Waals surface area contributed by atoms with E-state index in [1.807, 2.05) is 13.0 Å². The van der Waals surface area contributed by atoms with Crippen molar-refractivity contribution in [1.82, 2.24) is 0 Å². The van der Waals surface area contributed by atoms with Gasteiger partial charge < -0.3 is 10.6 Å². The van der Waals surface area contributed by atoms with Crippen molar-refractivity contribution >= 4 is 17.3 Å². The molecule has 1 aromatic rings. The third-order valence-electron chi connectivity index (χ3n) is 3.94. The minimum absolute atomic E-state index is 0.146. The fraction of sp³-hybridized carbons (Fsp3) is 0.625. The predicted molar refractivity (Wildman–Crippen MR) is 84.0 cm³/mol. The first kappa shape index (κ1) is 14.7. The van der Waals surface area contributed by atoms with Crippen LogP contribution in [0.25, 0.3) is 0 Å². The van der Waals surface area contributed by atoms with E-state index in [4.69, 9.17) is 17.3 Å². The van der Waals surface area contributed by atoms with E-state index in [0.29, 0.717) is 0 Å². The van der Waals surface area contributed by atoms with Gasteiger partial charge in [-0.2, -0.15) is 0 Å². The van der Waals surface area contributed by atoms with Crippen LogP contribution >= 0.6 is 11.6 Å². The lowest BCUT2D eigenvalue weighted by atomic mass is 10.0. The summed E-state index contributed by atoms with van der Waals surface area (Å²) in [7, 11) is 0. The van der Waals surface area contributed by atoms with Crippen LogP contribution in [0, 0.1) is 5.92 Å². The van der Waals surface area contributed by atoms with Crippen molar-refractivity contribution in [3.05, 3.63) is 28.8 Å². The van der Waals surface area contributed by atoms with E-state index in [-0.39, 0.29) is 6.04 Å². The lowest BCUT2D eigenvalue weighted by Crippen LogP contribution is -2.24. The number of rotatable bonds is 5. The lowest BCUT2D eigenvalue weighted by molar-refractivity contribution is 0.529. The van der Waals surface area contributed by atoms with Crippen LogP contribution in [0.4, 0.5) is 5.69 Å². The topological polar surface area (TPSA) is 29.3 Å². The van der Waals surface area contributed by atoms with Crippen LogP contribution in [0.15, 0.2) is 18.2 Å². The summed E-state index contributed by atoms with van der Waals surface area (Å²) in [4.78, 5) is 2.49. The second-order valence-electron chi connectivity index (χ2n) is 5.81. The van der Waals surface area contributed by atoms with Gasteiger partial charge >= 0.3 is 0 Å². The zero-order chi connectivity index (χ0) is 13.8. The Morgan fingerprint density at radius 3 is 2.95 bits per heavy atom. The molecule has 0 saturated carbocycles. The van der Waals surface area contributed by atoms with Crippen LogP contribution in [-0.2, 0) is 6.42 Å². The summed E-state index contributed by atoms with van der Waals surface area (Å²) in [6.07, 6.45) is 4.77. The number of anilines is 1. The first-order valence-corrected chi connectivity index (χ1v) is 7.77. The van der Waals surface area contributed by atoms with Crippen LogP contribution in [0.3, 0.4) is 0 Å². The van der Waals surface area contributed by atoms with Crippen molar-refractivity contribution in [1.29, 1.82) is 0 Å². The fourth-order valence-corrected chi connectivity index (χ4v) is 3.31. The summed E-state index contributed by atoms with van der Waals surface area (Å²) in [5.41, 5.74) is 8.47. The van der Waals surface area contributed by atoms with Gasteiger partial charge in [-0.25, -0.2) is 0 Å². The van der Waals surface area contributed by atoms with Crippen molar-refractivity contribution in [2.45, 2.75) is 45.6 Å². The van der Waals surface area contributed by atoms with E-state index in [2.05, 4.69) is 24.0 Å².